The summed E-state index contributed by atoms with van der Waals surface area (Å²) < 4.78 is 1.02. The second kappa shape index (κ2) is 5.72. The van der Waals surface area contributed by atoms with Crippen molar-refractivity contribution < 1.29 is 0 Å². The molecule has 1 aromatic carbocycles. The van der Waals surface area contributed by atoms with Crippen LogP contribution in [0.4, 0.5) is 5.69 Å². The molecule has 0 amide bonds. The molecule has 15 heavy (non-hydrogen) atoms. The second-order valence-electron chi connectivity index (χ2n) is 3.05. The van der Waals surface area contributed by atoms with Crippen LogP contribution in [-0.2, 0) is 0 Å². The van der Waals surface area contributed by atoms with E-state index in [0.29, 0.717) is 12.5 Å². The van der Waals surface area contributed by atoms with Crippen molar-refractivity contribution >= 4 is 27.6 Å². The maximum absolute atomic E-state index is 5.34. The minimum absolute atomic E-state index is 0.568. The van der Waals surface area contributed by atoms with Gasteiger partial charge in [0, 0.05) is 16.7 Å². The Labute approximate surface area is 98.1 Å². The van der Waals surface area contributed by atoms with Crippen molar-refractivity contribution in [3.05, 3.63) is 28.2 Å². The highest BCUT2D eigenvalue weighted by Gasteiger charge is 2.01. The molecule has 0 saturated carbocycles. The smallest absolute Gasteiger partial charge is 0.210 e. The van der Waals surface area contributed by atoms with E-state index >= 15 is 0 Å². The Kier molecular flexibility index (Phi) is 4.58. The molecule has 82 valence electrons. The number of rotatable bonds is 2. The van der Waals surface area contributed by atoms with Crippen LogP contribution >= 0.6 is 15.9 Å². The van der Waals surface area contributed by atoms with E-state index in [9.17, 15) is 0 Å². The summed E-state index contributed by atoms with van der Waals surface area (Å²) in [5.74, 6) is 5.91. The van der Waals surface area contributed by atoms with E-state index in [4.69, 9.17) is 5.84 Å². The minimum atomic E-state index is 0.568. The molecule has 0 fully saturated rings. The van der Waals surface area contributed by atoms with Crippen LogP contribution in [0.15, 0.2) is 27.7 Å². The van der Waals surface area contributed by atoms with E-state index in [1.165, 1.54) is 0 Å². The number of hydrogen-bond donors (Lipinski definition) is 3. The molecule has 0 spiro atoms. The molecule has 4 nitrogen and oxygen atoms in total. The predicted octanol–water partition coefficient (Wildman–Crippen LogP) is 2.01. The number of nitrogens with two attached hydrogens (primary N) is 1. The molecule has 0 aliphatic carbocycles. The number of halogens is 1. The fourth-order valence-corrected chi connectivity index (χ4v) is 1.50. The summed E-state index contributed by atoms with van der Waals surface area (Å²) in [7, 11) is 0. The van der Waals surface area contributed by atoms with Gasteiger partial charge in [0.1, 0.15) is 0 Å². The van der Waals surface area contributed by atoms with E-state index < -0.39 is 0 Å². The number of anilines is 1. The van der Waals surface area contributed by atoms with Gasteiger partial charge in [-0.25, -0.2) is 5.84 Å². The highest BCUT2D eigenvalue weighted by molar-refractivity contribution is 9.10. The molecule has 0 unspecified atom stereocenters. The first-order valence-corrected chi connectivity index (χ1v) is 5.51. The molecule has 0 bridgehead atoms. The van der Waals surface area contributed by atoms with Gasteiger partial charge >= 0.3 is 0 Å². The van der Waals surface area contributed by atoms with Crippen LogP contribution in [0.2, 0.25) is 0 Å². The fraction of sp³-hybridized carbons (Fsp3) is 0.300. The van der Waals surface area contributed by atoms with Crippen LogP contribution in [-0.4, -0.2) is 12.5 Å². The van der Waals surface area contributed by atoms with Gasteiger partial charge in [-0.2, -0.15) is 0 Å². The van der Waals surface area contributed by atoms with Crippen molar-refractivity contribution in [2.24, 2.45) is 10.8 Å². The van der Waals surface area contributed by atoms with Crippen LogP contribution in [0.5, 0.6) is 0 Å². The second-order valence-corrected chi connectivity index (χ2v) is 3.97. The standard InChI is InChI=1S/C10H15BrN4/c1-3-13-10(15-12)14-9-6-8(11)5-4-7(9)2/h4-6H,3,12H2,1-2H3,(H2,13,14,15). The summed E-state index contributed by atoms with van der Waals surface area (Å²) in [6.07, 6.45) is 0. The van der Waals surface area contributed by atoms with E-state index in [-0.39, 0.29) is 0 Å². The zero-order chi connectivity index (χ0) is 11.3. The Balaban J connectivity index is 2.87. The number of aryl methyl sites for hydroxylation is 1. The highest BCUT2D eigenvalue weighted by atomic mass is 79.9. The summed E-state index contributed by atoms with van der Waals surface area (Å²) in [5.41, 5.74) is 4.64. The summed E-state index contributed by atoms with van der Waals surface area (Å²) in [6.45, 7) is 4.65. The molecule has 0 atom stereocenters. The van der Waals surface area contributed by atoms with Crippen LogP contribution in [0, 0.1) is 6.92 Å². The van der Waals surface area contributed by atoms with Gasteiger partial charge in [0.2, 0.25) is 5.96 Å². The molecule has 0 saturated heterocycles. The van der Waals surface area contributed by atoms with Crippen molar-refractivity contribution in [1.29, 1.82) is 0 Å². The first-order chi connectivity index (χ1) is 7.17. The van der Waals surface area contributed by atoms with Crippen LogP contribution in [0.25, 0.3) is 0 Å². The zero-order valence-corrected chi connectivity index (χ0v) is 10.4. The monoisotopic (exact) mass is 270 g/mol. The molecular weight excluding hydrogens is 256 g/mol. The van der Waals surface area contributed by atoms with Gasteiger partial charge < -0.3 is 5.32 Å². The van der Waals surface area contributed by atoms with Gasteiger partial charge in [-0.1, -0.05) is 22.0 Å². The van der Waals surface area contributed by atoms with E-state index in [0.717, 1.165) is 15.7 Å². The average Bonchev–Trinajstić information content (AvgIpc) is 2.22. The Morgan fingerprint density at radius 1 is 1.53 bits per heavy atom. The van der Waals surface area contributed by atoms with Gasteiger partial charge in [0.05, 0.1) is 0 Å². The third-order valence-corrected chi connectivity index (χ3v) is 2.40. The molecule has 4 N–H and O–H groups in total. The molecule has 0 aromatic heterocycles. The van der Waals surface area contributed by atoms with E-state index in [2.05, 4.69) is 31.7 Å². The maximum atomic E-state index is 5.34. The molecule has 5 heteroatoms. The number of hydrogen-bond acceptors (Lipinski definition) is 2. The van der Waals surface area contributed by atoms with Crippen LogP contribution < -0.4 is 16.6 Å². The van der Waals surface area contributed by atoms with Gasteiger partial charge in [-0.05, 0) is 31.5 Å². The molecule has 0 aliphatic heterocycles. The molecule has 1 aromatic rings. The van der Waals surface area contributed by atoms with Crippen molar-refractivity contribution in [3.8, 4) is 0 Å². The van der Waals surface area contributed by atoms with Crippen molar-refractivity contribution in [2.45, 2.75) is 13.8 Å². The Morgan fingerprint density at radius 2 is 2.27 bits per heavy atom. The van der Waals surface area contributed by atoms with E-state index in [1.54, 1.807) is 0 Å². The molecule has 0 radical (unpaired) electrons. The van der Waals surface area contributed by atoms with Gasteiger partial charge in [0.15, 0.2) is 0 Å². The predicted molar refractivity (Wildman–Crippen MR) is 67.8 cm³/mol. The number of benzene rings is 1. The third kappa shape index (κ3) is 3.53. The summed E-state index contributed by atoms with van der Waals surface area (Å²) in [4.78, 5) is 4.16. The maximum Gasteiger partial charge on any atom is 0.210 e. The minimum Gasteiger partial charge on any atom is -0.325 e. The Morgan fingerprint density at radius 3 is 2.87 bits per heavy atom. The van der Waals surface area contributed by atoms with Crippen molar-refractivity contribution in [1.82, 2.24) is 5.43 Å². The topological polar surface area (TPSA) is 62.4 Å². The highest BCUT2D eigenvalue weighted by Crippen LogP contribution is 2.20. The summed E-state index contributed by atoms with van der Waals surface area (Å²) in [6, 6.07) is 6.00. The van der Waals surface area contributed by atoms with E-state index in [1.807, 2.05) is 32.0 Å². The third-order valence-electron chi connectivity index (χ3n) is 1.91. The lowest BCUT2D eigenvalue weighted by Crippen LogP contribution is -2.36. The van der Waals surface area contributed by atoms with Crippen molar-refractivity contribution in [3.63, 3.8) is 0 Å². The number of aliphatic imine (C=N–C) groups is 1. The Bertz CT molecular complexity index is 362. The first kappa shape index (κ1) is 12.0. The lowest BCUT2D eigenvalue weighted by Gasteiger charge is -2.11. The zero-order valence-electron chi connectivity index (χ0n) is 8.84. The fourth-order valence-electron chi connectivity index (χ4n) is 1.14. The number of guanidine groups is 1. The molecular formula is C10H15BrN4. The van der Waals surface area contributed by atoms with Crippen molar-refractivity contribution in [2.75, 3.05) is 11.9 Å². The van der Waals surface area contributed by atoms with Gasteiger partial charge in [-0.15, -0.1) is 0 Å². The normalized spacial score (nSPS) is 11.3. The number of nitrogens with one attached hydrogen (secondary N) is 2. The number of hydrazine groups is 1. The van der Waals surface area contributed by atoms with Gasteiger partial charge in [-0.3, -0.25) is 10.4 Å². The van der Waals surface area contributed by atoms with Crippen LogP contribution in [0.1, 0.15) is 12.5 Å². The number of nitrogens with zero attached hydrogens (tertiary/aromatic N) is 1. The molecule has 0 heterocycles. The Hall–Kier alpha value is -1.07. The van der Waals surface area contributed by atoms with Crippen LogP contribution in [0.3, 0.4) is 0 Å². The first-order valence-electron chi connectivity index (χ1n) is 4.71. The molecule has 0 aliphatic rings. The SMILES string of the molecule is CCN=C(NN)Nc1cc(Br)ccc1C. The lowest BCUT2D eigenvalue weighted by molar-refractivity contribution is 0.985. The van der Waals surface area contributed by atoms with Gasteiger partial charge in [0.25, 0.3) is 0 Å². The average molecular weight is 271 g/mol. The lowest BCUT2D eigenvalue weighted by atomic mass is 10.2. The summed E-state index contributed by atoms with van der Waals surface area (Å²) >= 11 is 3.42. The molecule has 1 rings (SSSR count). The summed E-state index contributed by atoms with van der Waals surface area (Å²) in [5, 5.41) is 3.12. The largest absolute Gasteiger partial charge is 0.325 e. The quantitative estimate of drug-likeness (QED) is 0.334.